The highest BCUT2D eigenvalue weighted by Gasteiger charge is 2.26. The van der Waals surface area contributed by atoms with Crippen LogP contribution in [0.2, 0.25) is 0 Å². The van der Waals surface area contributed by atoms with Crippen LogP contribution in [0.4, 0.5) is 0 Å². The smallest absolute Gasteiger partial charge is 0.228 e. The monoisotopic (exact) mass is 236 g/mol. The summed E-state index contributed by atoms with van der Waals surface area (Å²) >= 11 is 0. The predicted molar refractivity (Wildman–Crippen MR) is 62.1 cm³/mol. The zero-order valence-electron chi connectivity index (χ0n) is 9.44. The van der Waals surface area contributed by atoms with Gasteiger partial charge in [-0.05, 0) is 19.8 Å². The lowest BCUT2D eigenvalue weighted by atomic mass is 10.0. The average molecular weight is 237 g/mol. The minimum absolute atomic E-state index is 0. The number of halogens is 1. The summed E-state index contributed by atoms with van der Waals surface area (Å²) in [6.07, 6.45) is 1.93. The van der Waals surface area contributed by atoms with Gasteiger partial charge in [-0.2, -0.15) is 0 Å². The van der Waals surface area contributed by atoms with Crippen molar-refractivity contribution >= 4 is 18.3 Å². The lowest BCUT2D eigenvalue weighted by Gasteiger charge is -2.30. The molecule has 1 heterocycles. The van der Waals surface area contributed by atoms with Crippen LogP contribution in [-0.4, -0.2) is 43.7 Å². The van der Waals surface area contributed by atoms with Gasteiger partial charge in [0, 0.05) is 26.2 Å². The molecule has 1 aliphatic heterocycles. The van der Waals surface area contributed by atoms with Gasteiger partial charge in [-0.25, -0.2) is 0 Å². The summed E-state index contributed by atoms with van der Waals surface area (Å²) in [5, 5.41) is 0. The van der Waals surface area contributed by atoms with Gasteiger partial charge in [-0.15, -0.1) is 12.4 Å². The van der Waals surface area contributed by atoms with E-state index in [-0.39, 0.29) is 30.3 Å². The van der Waals surface area contributed by atoms with E-state index in [9.17, 15) is 4.79 Å². The van der Waals surface area contributed by atoms with Crippen LogP contribution in [0.5, 0.6) is 0 Å². The SMILES string of the molecule is CC(CN)N(C)C(=O)C1CCCOC1.Cl. The number of amides is 1. The number of nitrogens with zero attached hydrogens (tertiary/aromatic N) is 1. The number of carbonyl (C=O) groups excluding carboxylic acids is 1. The maximum Gasteiger partial charge on any atom is 0.228 e. The van der Waals surface area contributed by atoms with Gasteiger partial charge in [0.25, 0.3) is 0 Å². The topological polar surface area (TPSA) is 55.6 Å². The summed E-state index contributed by atoms with van der Waals surface area (Å²) in [6, 6.07) is 0.115. The number of nitrogens with two attached hydrogens (primary N) is 1. The van der Waals surface area contributed by atoms with E-state index in [2.05, 4.69) is 0 Å². The molecule has 1 fully saturated rings. The highest BCUT2D eigenvalue weighted by atomic mass is 35.5. The molecule has 2 atom stereocenters. The highest BCUT2D eigenvalue weighted by Crippen LogP contribution is 2.16. The van der Waals surface area contributed by atoms with E-state index in [1.165, 1.54) is 0 Å². The number of rotatable bonds is 3. The molecule has 0 aromatic heterocycles. The van der Waals surface area contributed by atoms with E-state index in [0.29, 0.717) is 13.2 Å². The number of hydrogen-bond donors (Lipinski definition) is 1. The molecule has 4 nitrogen and oxygen atoms in total. The molecule has 0 aliphatic carbocycles. The first kappa shape index (κ1) is 14.7. The number of carbonyl (C=O) groups is 1. The van der Waals surface area contributed by atoms with Gasteiger partial charge in [-0.1, -0.05) is 0 Å². The van der Waals surface area contributed by atoms with Gasteiger partial charge >= 0.3 is 0 Å². The molecule has 90 valence electrons. The van der Waals surface area contributed by atoms with Crippen LogP contribution in [0.1, 0.15) is 19.8 Å². The summed E-state index contributed by atoms with van der Waals surface area (Å²) in [5.74, 6) is 0.213. The molecule has 1 saturated heterocycles. The van der Waals surface area contributed by atoms with Crippen molar-refractivity contribution in [3.63, 3.8) is 0 Å². The third-order valence-corrected chi connectivity index (χ3v) is 2.86. The summed E-state index contributed by atoms with van der Waals surface area (Å²) in [7, 11) is 1.81. The fraction of sp³-hybridized carbons (Fsp3) is 0.900. The van der Waals surface area contributed by atoms with Crippen molar-refractivity contribution in [1.29, 1.82) is 0 Å². The molecule has 2 unspecified atom stereocenters. The second-order valence-electron chi connectivity index (χ2n) is 3.95. The van der Waals surface area contributed by atoms with Crippen molar-refractivity contribution < 1.29 is 9.53 Å². The molecular formula is C10H21ClN2O2. The third kappa shape index (κ3) is 3.97. The van der Waals surface area contributed by atoms with Crippen molar-refractivity contribution in [1.82, 2.24) is 4.90 Å². The van der Waals surface area contributed by atoms with E-state index < -0.39 is 0 Å². The Hall–Kier alpha value is -0.320. The van der Waals surface area contributed by atoms with E-state index in [1.54, 1.807) is 4.90 Å². The van der Waals surface area contributed by atoms with Gasteiger partial charge in [0.05, 0.1) is 12.5 Å². The molecule has 0 aromatic carbocycles. The highest BCUT2D eigenvalue weighted by molar-refractivity contribution is 5.85. The Morgan fingerprint density at radius 1 is 1.67 bits per heavy atom. The lowest BCUT2D eigenvalue weighted by molar-refractivity contribution is -0.140. The van der Waals surface area contributed by atoms with Crippen LogP contribution >= 0.6 is 12.4 Å². The second kappa shape index (κ2) is 7.04. The molecule has 0 spiro atoms. The largest absolute Gasteiger partial charge is 0.381 e. The van der Waals surface area contributed by atoms with Crippen LogP contribution < -0.4 is 5.73 Å². The molecule has 2 N–H and O–H groups in total. The molecule has 0 aromatic rings. The van der Waals surface area contributed by atoms with Gasteiger partial charge < -0.3 is 15.4 Å². The van der Waals surface area contributed by atoms with E-state index in [1.807, 2.05) is 14.0 Å². The van der Waals surface area contributed by atoms with Gasteiger partial charge in [-0.3, -0.25) is 4.79 Å². The molecule has 15 heavy (non-hydrogen) atoms. The Morgan fingerprint density at radius 2 is 2.33 bits per heavy atom. The Bertz CT molecular complexity index is 192. The van der Waals surface area contributed by atoms with Crippen molar-refractivity contribution in [2.75, 3.05) is 26.8 Å². The molecule has 1 rings (SSSR count). The first-order chi connectivity index (χ1) is 6.66. The van der Waals surface area contributed by atoms with Crippen molar-refractivity contribution in [3.05, 3.63) is 0 Å². The molecular weight excluding hydrogens is 216 g/mol. The maximum atomic E-state index is 11.9. The molecule has 0 bridgehead atoms. The van der Waals surface area contributed by atoms with Gasteiger partial charge in [0.1, 0.15) is 0 Å². The standard InChI is InChI=1S/C10H20N2O2.ClH/c1-8(6-11)12(2)10(13)9-4-3-5-14-7-9;/h8-9H,3-7,11H2,1-2H3;1H. The number of likely N-dealkylation sites (N-methyl/N-ethyl adjacent to an activating group) is 1. The summed E-state index contributed by atoms with van der Waals surface area (Å²) in [5.41, 5.74) is 5.52. The molecule has 5 heteroatoms. The number of ether oxygens (including phenoxy) is 1. The molecule has 1 aliphatic rings. The fourth-order valence-corrected chi connectivity index (χ4v) is 1.60. The molecule has 1 amide bonds. The second-order valence-corrected chi connectivity index (χ2v) is 3.95. The Morgan fingerprint density at radius 3 is 2.80 bits per heavy atom. The zero-order valence-corrected chi connectivity index (χ0v) is 10.3. The Balaban J connectivity index is 0.00000196. The van der Waals surface area contributed by atoms with E-state index >= 15 is 0 Å². The van der Waals surface area contributed by atoms with Crippen molar-refractivity contribution in [3.8, 4) is 0 Å². The minimum atomic E-state index is 0. The molecule has 0 saturated carbocycles. The Labute approximate surface area is 97.5 Å². The normalized spacial score (nSPS) is 22.7. The lowest BCUT2D eigenvalue weighted by Crippen LogP contribution is -2.44. The fourth-order valence-electron chi connectivity index (χ4n) is 1.60. The van der Waals surface area contributed by atoms with Crippen LogP contribution in [0.25, 0.3) is 0 Å². The van der Waals surface area contributed by atoms with E-state index in [4.69, 9.17) is 10.5 Å². The van der Waals surface area contributed by atoms with Crippen LogP contribution in [0, 0.1) is 5.92 Å². The van der Waals surface area contributed by atoms with Crippen LogP contribution in [-0.2, 0) is 9.53 Å². The Kier molecular flexibility index (Phi) is 6.89. The first-order valence-corrected chi connectivity index (χ1v) is 5.21. The van der Waals surface area contributed by atoms with Crippen LogP contribution in [0.15, 0.2) is 0 Å². The summed E-state index contributed by atoms with van der Waals surface area (Å²) in [6.45, 7) is 3.83. The van der Waals surface area contributed by atoms with E-state index in [0.717, 1.165) is 19.4 Å². The molecule has 0 radical (unpaired) electrons. The first-order valence-electron chi connectivity index (χ1n) is 5.21. The zero-order chi connectivity index (χ0) is 10.6. The minimum Gasteiger partial charge on any atom is -0.381 e. The third-order valence-electron chi connectivity index (χ3n) is 2.86. The summed E-state index contributed by atoms with van der Waals surface area (Å²) in [4.78, 5) is 13.6. The predicted octanol–water partition coefficient (Wildman–Crippen LogP) is 0.640. The van der Waals surface area contributed by atoms with Gasteiger partial charge in [0.2, 0.25) is 5.91 Å². The number of hydrogen-bond acceptors (Lipinski definition) is 3. The van der Waals surface area contributed by atoms with Crippen molar-refractivity contribution in [2.45, 2.75) is 25.8 Å². The maximum absolute atomic E-state index is 11.9. The van der Waals surface area contributed by atoms with Crippen LogP contribution in [0.3, 0.4) is 0 Å². The van der Waals surface area contributed by atoms with Gasteiger partial charge in [0.15, 0.2) is 0 Å². The quantitative estimate of drug-likeness (QED) is 0.783. The average Bonchev–Trinajstić information content (AvgIpc) is 2.27. The van der Waals surface area contributed by atoms with Crippen molar-refractivity contribution in [2.24, 2.45) is 11.7 Å². The summed E-state index contributed by atoms with van der Waals surface area (Å²) < 4.78 is 5.29.